The zero-order chi connectivity index (χ0) is 25.9. The molecular formula is C31H35NO5. The predicted molar refractivity (Wildman–Crippen MR) is 140 cm³/mol. The van der Waals surface area contributed by atoms with Crippen molar-refractivity contribution in [1.82, 2.24) is 4.98 Å². The largest absolute Gasteiger partial charge is 0.504 e. The normalized spacial score (nSPS) is 34.4. The summed E-state index contributed by atoms with van der Waals surface area (Å²) in [6.07, 6.45) is 15.6. The van der Waals surface area contributed by atoms with Crippen LogP contribution in [-0.4, -0.2) is 32.4 Å². The number of phenols is 3. The second-order valence-corrected chi connectivity index (χ2v) is 11.9. The van der Waals surface area contributed by atoms with E-state index >= 15 is 0 Å². The molecule has 6 nitrogen and oxygen atoms in total. The highest BCUT2D eigenvalue weighted by Crippen LogP contribution is 2.66. The van der Waals surface area contributed by atoms with Gasteiger partial charge in [0.1, 0.15) is 6.10 Å². The first-order valence-corrected chi connectivity index (χ1v) is 13.5. The predicted octanol–water partition coefficient (Wildman–Crippen LogP) is 6.38. The summed E-state index contributed by atoms with van der Waals surface area (Å²) in [6.45, 7) is 4.90. The lowest BCUT2D eigenvalue weighted by Gasteiger charge is -2.57. The third-order valence-corrected chi connectivity index (χ3v) is 10.2. The van der Waals surface area contributed by atoms with Gasteiger partial charge >= 0.3 is 5.97 Å². The van der Waals surface area contributed by atoms with Crippen LogP contribution in [0.5, 0.6) is 17.2 Å². The molecule has 0 spiro atoms. The summed E-state index contributed by atoms with van der Waals surface area (Å²) in [4.78, 5) is 17.1. The maximum atomic E-state index is 12.7. The van der Waals surface area contributed by atoms with Gasteiger partial charge in [-0.2, -0.15) is 0 Å². The Hall–Kier alpha value is -3.28. The van der Waals surface area contributed by atoms with Crippen LogP contribution in [0.1, 0.15) is 74.7 Å². The van der Waals surface area contributed by atoms with Gasteiger partial charge in [-0.1, -0.05) is 37.6 Å². The SMILES string of the molecule is C[C@]12CC[C@H](OC(=O)c3cc(O)c(O)c(O)c3)CC1=CCC1C2CC[C@]2(C)C(c3cccnc3)=CCC12. The molecular weight excluding hydrogens is 466 g/mol. The van der Waals surface area contributed by atoms with Gasteiger partial charge in [-0.25, -0.2) is 4.79 Å². The monoisotopic (exact) mass is 501 g/mol. The molecule has 4 aliphatic rings. The smallest absolute Gasteiger partial charge is 0.338 e. The van der Waals surface area contributed by atoms with E-state index in [0.717, 1.165) is 44.2 Å². The van der Waals surface area contributed by atoms with E-state index in [1.165, 1.54) is 29.6 Å². The van der Waals surface area contributed by atoms with Gasteiger partial charge in [0, 0.05) is 18.8 Å². The second-order valence-electron chi connectivity index (χ2n) is 11.9. The fourth-order valence-electron chi connectivity index (χ4n) is 8.21. The van der Waals surface area contributed by atoms with E-state index in [0.29, 0.717) is 17.8 Å². The van der Waals surface area contributed by atoms with Gasteiger partial charge in [0.15, 0.2) is 17.2 Å². The molecule has 6 heteroatoms. The van der Waals surface area contributed by atoms with Crippen molar-refractivity contribution in [3.05, 3.63) is 65.5 Å². The molecule has 2 aromatic rings. The van der Waals surface area contributed by atoms with Gasteiger partial charge in [-0.05, 0) is 96.4 Å². The third-order valence-electron chi connectivity index (χ3n) is 10.2. The third kappa shape index (κ3) is 3.75. The number of benzene rings is 1. The summed E-state index contributed by atoms with van der Waals surface area (Å²) in [5, 5.41) is 29.1. The average Bonchev–Trinajstić information content (AvgIpc) is 3.25. The van der Waals surface area contributed by atoms with Crippen LogP contribution >= 0.6 is 0 Å². The van der Waals surface area contributed by atoms with Crippen LogP contribution in [0.2, 0.25) is 0 Å². The van der Waals surface area contributed by atoms with Gasteiger partial charge in [0.2, 0.25) is 0 Å². The number of fused-ring (bicyclic) bond motifs is 5. The van der Waals surface area contributed by atoms with Gasteiger partial charge in [-0.3, -0.25) is 4.98 Å². The zero-order valence-corrected chi connectivity index (χ0v) is 21.5. The van der Waals surface area contributed by atoms with Crippen molar-refractivity contribution in [3.8, 4) is 17.2 Å². The number of phenolic OH excluding ortho intramolecular Hbond substituents is 3. The van der Waals surface area contributed by atoms with Crippen molar-refractivity contribution >= 4 is 11.5 Å². The lowest BCUT2D eigenvalue weighted by molar-refractivity contribution is -0.0307. The number of rotatable bonds is 3. The number of hydrogen-bond donors (Lipinski definition) is 3. The molecule has 1 aromatic heterocycles. The number of ether oxygens (including phenoxy) is 1. The number of aromatic nitrogens is 1. The summed E-state index contributed by atoms with van der Waals surface area (Å²) >= 11 is 0. The molecule has 2 fully saturated rings. The molecule has 1 aromatic carbocycles. The number of aromatic hydroxyl groups is 3. The number of hydrogen-bond acceptors (Lipinski definition) is 6. The molecule has 1 heterocycles. The summed E-state index contributed by atoms with van der Waals surface area (Å²) < 4.78 is 5.81. The first-order chi connectivity index (χ1) is 17.7. The van der Waals surface area contributed by atoms with Gasteiger partial charge < -0.3 is 20.1 Å². The lowest BCUT2D eigenvalue weighted by atomic mass is 9.47. The second kappa shape index (κ2) is 8.64. The van der Waals surface area contributed by atoms with Crippen LogP contribution in [0.15, 0.2) is 54.4 Å². The Morgan fingerprint density at radius 2 is 1.76 bits per heavy atom. The number of esters is 1. The first-order valence-electron chi connectivity index (χ1n) is 13.5. The molecule has 6 rings (SSSR count). The van der Waals surface area contributed by atoms with Crippen LogP contribution in [0.4, 0.5) is 0 Å². The standard InChI is InChI=1S/C31H35NO5/c1-30-11-9-21(37-29(36)19-14-26(33)28(35)27(34)15-19)16-20(30)5-6-22-24-8-7-23(18-4-3-13-32-17-18)31(24,2)12-10-25(22)30/h3-5,7,13-15,17,21-22,24-25,33-35H,6,8-12,16H2,1-2H3/t21-,22?,24?,25?,30-,31+/m0/s1. The number of carbonyl (C=O) groups is 1. The van der Waals surface area contributed by atoms with Crippen LogP contribution in [-0.2, 0) is 4.74 Å². The van der Waals surface area contributed by atoms with Crippen LogP contribution < -0.4 is 0 Å². The Kier molecular flexibility index (Phi) is 5.62. The Bertz CT molecular complexity index is 1280. The van der Waals surface area contributed by atoms with Crippen molar-refractivity contribution in [2.75, 3.05) is 0 Å². The Labute approximate surface area is 217 Å². The summed E-state index contributed by atoms with van der Waals surface area (Å²) in [7, 11) is 0. The number of carbonyl (C=O) groups excluding carboxylic acids is 1. The van der Waals surface area contributed by atoms with E-state index in [2.05, 4.69) is 37.0 Å². The summed E-state index contributed by atoms with van der Waals surface area (Å²) in [6, 6.07) is 6.49. The Morgan fingerprint density at radius 1 is 1.00 bits per heavy atom. The highest BCUT2D eigenvalue weighted by atomic mass is 16.5. The van der Waals surface area contributed by atoms with Crippen molar-refractivity contribution in [3.63, 3.8) is 0 Å². The Morgan fingerprint density at radius 3 is 2.49 bits per heavy atom. The Balaban J connectivity index is 1.18. The maximum Gasteiger partial charge on any atom is 0.338 e. The first kappa shape index (κ1) is 24.1. The minimum atomic E-state index is -0.638. The van der Waals surface area contributed by atoms with E-state index in [4.69, 9.17) is 4.74 Å². The van der Waals surface area contributed by atoms with Crippen molar-refractivity contribution in [1.29, 1.82) is 0 Å². The van der Waals surface area contributed by atoms with Crippen LogP contribution in [0, 0.1) is 28.6 Å². The van der Waals surface area contributed by atoms with E-state index in [1.807, 2.05) is 18.5 Å². The van der Waals surface area contributed by atoms with E-state index in [1.54, 1.807) is 0 Å². The van der Waals surface area contributed by atoms with Crippen molar-refractivity contribution < 1.29 is 24.9 Å². The fraction of sp³-hybridized carbons (Fsp3) is 0.484. The maximum absolute atomic E-state index is 12.7. The van der Waals surface area contributed by atoms with Crippen LogP contribution in [0.25, 0.3) is 5.57 Å². The molecule has 194 valence electrons. The minimum absolute atomic E-state index is 0.0311. The fourth-order valence-corrected chi connectivity index (χ4v) is 8.21. The van der Waals surface area contributed by atoms with Crippen molar-refractivity contribution in [2.24, 2.45) is 28.6 Å². The minimum Gasteiger partial charge on any atom is -0.504 e. The molecule has 0 bridgehead atoms. The van der Waals surface area contributed by atoms with Gasteiger partial charge in [0.25, 0.3) is 0 Å². The van der Waals surface area contributed by atoms with Gasteiger partial charge in [-0.15, -0.1) is 0 Å². The molecule has 0 radical (unpaired) electrons. The molecule has 37 heavy (non-hydrogen) atoms. The quantitative estimate of drug-likeness (QED) is 0.256. The lowest BCUT2D eigenvalue weighted by Crippen LogP contribution is -2.50. The summed E-state index contributed by atoms with van der Waals surface area (Å²) in [5.41, 5.74) is 4.51. The number of pyridine rings is 1. The average molecular weight is 502 g/mol. The molecule has 0 aliphatic heterocycles. The summed E-state index contributed by atoms with van der Waals surface area (Å²) in [5.74, 6) is -0.387. The molecule has 4 aliphatic carbocycles. The zero-order valence-electron chi connectivity index (χ0n) is 21.5. The highest BCUT2D eigenvalue weighted by molar-refractivity contribution is 5.91. The molecule has 0 amide bonds. The molecule has 3 unspecified atom stereocenters. The highest BCUT2D eigenvalue weighted by Gasteiger charge is 2.57. The van der Waals surface area contributed by atoms with E-state index in [9.17, 15) is 20.1 Å². The van der Waals surface area contributed by atoms with Crippen LogP contribution in [0.3, 0.4) is 0 Å². The van der Waals surface area contributed by atoms with E-state index in [-0.39, 0.29) is 22.5 Å². The molecule has 3 N–H and O–H groups in total. The molecule has 2 saturated carbocycles. The topological polar surface area (TPSA) is 99.9 Å². The number of nitrogens with zero attached hydrogens (tertiary/aromatic N) is 1. The van der Waals surface area contributed by atoms with E-state index < -0.39 is 23.2 Å². The molecule has 6 atom stereocenters. The molecule has 0 saturated heterocycles. The number of allylic oxidation sites excluding steroid dienone is 3. The van der Waals surface area contributed by atoms with Gasteiger partial charge in [0.05, 0.1) is 5.56 Å². The van der Waals surface area contributed by atoms with Crippen molar-refractivity contribution in [2.45, 2.75) is 64.9 Å².